The van der Waals surface area contributed by atoms with E-state index in [1.807, 2.05) is 0 Å². The number of fused-ring (bicyclic) bond motifs is 1. The predicted molar refractivity (Wildman–Crippen MR) is 66.5 cm³/mol. The summed E-state index contributed by atoms with van der Waals surface area (Å²) < 4.78 is 24.6. The number of halogens is 2. The van der Waals surface area contributed by atoms with Crippen LogP contribution in [0.4, 0.5) is 4.39 Å². The Morgan fingerprint density at radius 3 is 2.83 bits per heavy atom. The summed E-state index contributed by atoms with van der Waals surface area (Å²) in [5.74, 6) is -1.79. The van der Waals surface area contributed by atoms with E-state index in [0.717, 1.165) is 12.5 Å². The number of carboxylic acid groups (broad SMARTS) is 1. The summed E-state index contributed by atoms with van der Waals surface area (Å²) in [6.45, 7) is 1.05. The average Bonchev–Trinajstić information content (AvgIpc) is 2.54. The highest BCUT2D eigenvalue weighted by molar-refractivity contribution is 9.10. The van der Waals surface area contributed by atoms with Crippen LogP contribution in [0.2, 0.25) is 0 Å². The first-order valence-electron chi connectivity index (χ1n) is 5.27. The number of hydrogen-bond donors (Lipinski definition) is 1. The normalized spacial score (nSPS) is 15.1. The molecular formula is C12H10BrFO4. The van der Waals surface area contributed by atoms with Crippen LogP contribution < -0.4 is 9.47 Å². The zero-order valence-electron chi connectivity index (χ0n) is 9.28. The van der Waals surface area contributed by atoms with Crippen molar-refractivity contribution in [3.8, 4) is 11.5 Å². The fraction of sp³-hybridized carbons (Fsp3) is 0.250. The van der Waals surface area contributed by atoms with Gasteiger partial charge in [-0.25, -0.2) is 4.79 Å². The summed E-state index contributed by atoms with van der Waals surface area (Å²) in [6.07, 6.45) is 1.69. The number of ether oxygens (including phenoxy) is 2. The molecule has 0 radical (unpaired) electrons. The van der Waals surface area contributed by atoms with Gasteiger partial charge in [-0.15, -0.1) is 0 Å². The molecule has 0 atom stereocenters. The summed E-state index contributed by atoms with van der Waals surface area (Å²) in [4.78, 5) is 10.4. The maximum Gasteiger partial charge on any atom is 0.364 e. The molecule has 1 heterocycles. The van der Waals surface area contributed by atoms with Gasteiger partial charge in [0.15, 0.2) is 11.5 Å². The van der Waals surface area contributed by atoms with Crippen molar-refractivity contribution in [2.75, 3.05) is 13.2 Å². The molecule has 1 aliphatic rings. The minimum absolute atomic E-state index is 0.394. The molecule has 0 fully saturated rings. The molecule has 2 rings (SSSR count). The van der Waals surface area contributed by atoms with Crippen molar-refractivity contribution in [3.63, 3.8) is 0 Å². The second-order valence-corrected chi connectivity index (χ2v) is 4.53. The maximum atomic E-state index is 13.0. The van der Waals surface area contributed by atoms with E-state index < -0.39 is 11.8 Å². The fourth-order valence-corrected chi connectivity index (χ4v) is 2.12. The van der Waals surface area contributed by atoms with Crippen LogP contribution in [0.1, 0.15) is 12.0 Å². The Morgan fingerprint density at radius 2 is 2.11 bits per heavy atom. The third-order valence-corrected chi connectivity index (χ3v) is 2.91. The van der Waals surface area contributed by atoms with Crippen molar-refractivity contribution in [2.45, 2.75) is 6.42 Å². The van der Waals surface area contributed by atoms with Crippen LogP contribution in [0.25, 0.3) is 6.08 Å². The molecule has 6 heteroatoms. The molecule has 4 nitrogen and oxygen atoms in total. The molecule has 0 unspecified atom stereocenters. The molecule has 1 aliphatic heterocycles. The lowest BCUT2D eigenvalue weighted by molar-refractivity contribution is -0.134. The Labute approximate surface area is 111 Å². The van der Waals surface area contributed by atoms with E-state index in [1.54, 1.807) is 12.1 Å². The molecule has 0 saturated heterocycles. The first kappa shape index (κ1) is 12.9. The molecule has 0 amide bonds. The molecule has 0 aliphatic carbocycles. The SMILES string of the molecule is O=C(O)C(F)=Cc1cc(Br)c2c(c1)OCCCO2. The zero-order chi connectivity index (χ0) is 13.1. The minimum Gasteiger partial charge on any atom is -0.489 e. The summed E-state index contributed by atoms with van der Waals surface area (Å²) >= 11 is 3.29. The average molecular weight is 317 g/mol. The minimum atomic E-state index is -1.60. The molecule has 0 saturated carbocycles. The topological polar surface area (TPSA) is 55.8 Å². The summed E-state index contributed by atoms with van der Waals surface area (Å²) in [5.41, 5.74) is 0.394. The van der Waals surface area contributed by atoms with Crippen LogP contribution in [0.3, 0.4) is 0 Å². The van der Waals surface area contributed by atoms with Crippen molar-refractivity contribution in [3.05, 3.63) is 28.0 Å². The second-order valence-electron chi connectivity index (χ2n) is 3.68. The number of hydrogen-bond acceptors (Lipinski definition) is 3. The molecule has 0 aromatic heterocycles. The van der Waals surface area contributed by atoms with Crippen molar-refractivity contribution < 1.29 is 23.8 Å². The van der Waals surface area contributed by atoms with Crippen LogP contribution in [-0.4, -0.2) is 24.3 Å². The maximum absolute atomic E-state index is 13.0. The third kappa shape index (κ3) is 2.81. The van der Waals surface area contributed by atoms with Gasteiger partial charge in [0.25, 0.3) is 0 Å². The van der Waals surface area contributed by atoms with Gasteiger partial charge in [-0.05, 0) is 39.7 Å². The largest absolute Gasteiger partial charge is 0.489 e. The van der Waals surface area contributed by atoms with Gasteiger partial charge in [0, 0.05) is 6.42 Å². The molecule has 18 heavy (non-hydrogen) atoms. The molecular weight excluding hydrogens is 307 g/mol. The lowest BCUT2D eigenvalue weighted by Crippen LogP contribution is -1.97. The summed E-state index contributed by atoms with van der Waals surface area (Å²) in [6, 6.07) is 3.13. The molecule has 0 bridgehead atoms. The van der Waals surface area contributed by atoms with Crippen molar-refractivity contribution in [1.29, 1.82) is 0 Å². The Morgan fingerprint density at radius 1 is 1.39 bits per heavy atom. The number of rotatable bonds is 2. The van der Waals surface area contributed by atoms with Crippen molar-refractivity contribution in [1.82, 2.24) is 0 Å². The van der Waals surface area contributed by atoms with E-state index >= 15 is 0 Å². The molecule has 1 aromatic carbocycles. The van der Waals surface area contributed by atoms with E-state index in [-0.39, 0.29) is 0 Å². The fourth-order valence-electron chi connectivity index (χ4n) is 1.54. The summed E-state index contributed by atoms with van der Waals surface area (Å²) in [5, 5.41) is 8.49. The van der Waals surface area contributed by atoms with Gasteiger partial charge in [-0.3, -0.25) is 0 Å². The lowest BCUT2D eigenvalue weighted by Gasteiger charge is -2.10. The third-order valence-electron chi connectivity index (χ3n) is 2.32. The number of carboxylic acids is 1. The van der Waals surface area contributed by atoms with E-state index in [2.05, 4.69) is 15.9 Å². The Hall–Kier alpha value is -1.56. The quantitative estimate of drug-likeness (QED) is 0.852. The van der Waals surface area contributed by atoms with E-state index in [1.165, 1.54) is 0 Å². The standard InChI is InChI=1S/C12H10BrFO4/c13-8-4-7(5-9(14)12(15)16)6-10-11(8)18-3-1-2-17-10/h4-6H,1-3H2,(H,15,16). The van der Waals surface area contributed by atoms with Gasteiger partial charge in [0.1, 0.15) is 0 Å². The van der Waals surface area contributed by atoms with Crippen LogP contribution in [0.15, 0.2) is 22.4 Å². The molecule has 1 aromatic rings. The predicted octanol–water partition coefficient (Wildman–Crippen LogP) is 3.01. The second kappa shape index (κ2) is 5.39. The van der Waals surface area contributed by atoms with E-state index in [4.69, 9.17) is 14.6 Å². The van der Waals surface area contributed by atoms with Crippen molar-refractivity contribution in [2.24, 2.45) is 0 Å². The number of aliphatic carboxylic acids is 1. The smallest absolute Gasteiger partial charge is 0.364 e. The lowest BCUT2D eigenvalue weighted by atomic mass is 10.2. The van der Waals surface area contributed by atoms with Gasteiger partial charge >= 0.3 is 5.97 Å². The van der Waals surface area contributed by atoms with Crippen LogP contribution >= 0.6 is 15.9 Å². The van der Waals surface area contributed by atoms with Gasteiger partial charge in [-0.2, -0.15) is 4.39 Å². The molecule has 1 N–H and O–H groups in total. The first-order chi connectivity index (χ1) is 8.58. The van der Waals surface area contributed by atoms with Crippen LogP contribution in [-0.2, 0) is 4.79 Å². The Balaban J connectivity index is 2.40. The first-order valence-corrected chi connectivity index (χ1v) is 6.07. The van der Waals surface area contributed by atoms with Gasteiger partial charge in [0.2, 0.25) is 5.83 Å². The molecule has 96 valence electrons. The van der Waals surface area contributed by atoms with Crippen LogP contribution in [0, 0.1) is 0 Å². The van der Waals surface area contributed by atoms with Crippen LogP contribution in [0.5, 0.6) is 11.5 Å². The van der Waals surface area contributed by atoms with E-state index in [9.17, 15) is 9.18 Å². The molecule has 0 spiro atoms. The zero-order valence-corrected chi connectivity index (χ0v) is 10.9. The summed E-state index contributed by atoms with van der Waals surface area (Å²) in [7, 11) is 0. The monoisotopic (exact) mass is 316 g/mol. The highest BCUT2D eigenvalue weighted by Crippen LogP contribution is 2.38. The highest BCUT2D eigenvalue weighted by Gasteiger charge is 2.15. The number of benzene rings is 1. The van der Waals surface area contributed by atoms with E-state index in [0.29, 0.717) is 34.7 Å². The van der Waals surface area contributed by atoms with Gasteiger partial charge < -0.3 is 14.6 Å². The Bertz CT molecular complexity index is 513. The van der Waals surface area contributed by atoms with Gasteiger partial charge in [0.05, 0.1) is 17.7 Å². The highest BCUT2D eigenvalue weighted by atomic mass is 79.9. The number of carbonyl (C=O) groups is 1. The van der Waals surface area contributed by atoms with Crippen molar-refractivity contribution >= 4 is 28.0 Å². The Kier molecular flexibility index (Phi) is 3.86. The van der Waals surface area contributed by atoms with Gasteiger partial charge in [-0.1, -0.05) is 0 Å².